The molecular formula is C25H35N3O4. The first-order valence-electron chi connectivity index (χ1n) is 12.0. The van der Waals surface area contributed by atoms with Crippen LogP contribution >= 0.6 is 0 Å². The molecule has 0 bridgehead atoms. The monoisotopic (exact) mass is 441 g/mol. The Kier molecular flexibility index (Phi) is 7.01. The maximum Gasteiger partial charge on any atom is 0.242 e. The topological polar surface area (TPSA) is 79.0 Å². The molecular weight excluding hydrogens is 406 g/mol. The lowest BCUT2D eigenvalue weighted by Gasteiger charge is -2.42. The van der Waals surface area contributed by atoms with Gasteiger partial charge in [-0.3, -0.25) is 14.4 Å². The number of carbonyl (C=O) groups excluding carboxylic acids is 3. The van der Waals surface area contributed by atoms with Crippen molar-refractivity contribution in [3.05, 3.63) is 29.8 Å². The second kappa shape index (κ2) is 9.92. The van der Waals surface area contributed by atoms with Crippen LogP contribution in [0.2, 0.25) is 0 Å². The lowest BCUT2D eigenvalue weighted by molar-refractivity contribution is -0.144. The van der Waals surface area contributed by atoms with E-state index in [0.717, 1.165) is 37.9 Å². The quantitative estimate of drug-likeness (QED) is 0.765. The number of hydrogen-bond donors (Lipinski definition) is 1. The van der Waals surface area contributed by atoms with Gasteiger partial charge in [0.2, 0.25) is 17.7 Å². The minimum Gasteiger partial charge on any atom is -0.491 e. The lowest BCUT2D eigenvalue weighted by atomic mass is 9.73. The third-order valence-corrected chi connectivity index (χ3v) is 7.24. The number of ether oxygens (including phenoxy) is 1. The Bertz CT molecular complexity index is 847. The van der Waals surface area contributed by atoms with Gasteiger partial charge in [0.1, 0.15) is 12.4 Å². The van der Waals surface area contributed by atoms with Crippen molar-refractivity contribution in [2.75, 3.05) is 32.8 Å². The van der Waals surface area contributed by atoms with Crippen LogP contribution in [0.5, 0.6) is 5.75 Å². The highest BCUT2D eigenvalue weighted by molar-refractivity contribution is 5.87. The summed E-state index contributed by atoms with van der Waals surface area (Å²) < 4.78 is 6.02. The van der Waals surface area contributed by atoms with Crippen LogP contribution in [0.3, 0.4) is 0 Å². The number of nitrogens with one attached hydrogen (secondary N) is 1. The van der Waals surface area contributed by atoms with Gasteiger partial charge in [0, 0.05) is 26.1 Å². The number of piperidine rings is 1. The van der Waals surface area contributed by atoms with Gasteiger partial charge in [0.25, 0.3) is 0 Å². The van der Waals surface area contributed by atoms with E-state index in [9.17, 15) is 14.4 Å². The van der Waals surface area contributed by atoms with Crippen molar-refractivity contribution in [1.82, 2.24) is 15.1 Å². The molecule has 1 aromatic carbocycles. The zero-order chi connectivity index (χ0) is 22.6. The molecule has 0 aromatic heterocycles. The van der Waals surface area contributed by atoms with Crippen LogP contribution in [0.15, 0.2) is 24.3 Å². The summed E-state index contributed by atoms with van der Waals surface area (Å²) in [5.74, 6) is 1.07. The van der Waals surface area contributed by atoms with Crippen molar-refractivity contribution in [2.24, 2.45) is 5.41 Å². The number of fused-ring (bicyclic) bond motifs is 1. The van der Waals surface area contributed by atoms with Crippen LogP contribution < -0.4 is 10.1 Å². The molecule has 3 aliphatic rings. The molecule has 4 rings (SSSR count). The first-order valence-corrected chi connectivity index (χ1v) is 12.0. The molecule has 7 heteroatoms. The number of aryl methyl sites for hydroxylation is 1. The van der Waals surface area contributed by atoms with Crippen molar-refractivity contribution < 1.29 is 19.1 Å². The molecule has 3 aliphatic heterocycles. The average Bonchev–Trinajstić information content (AvgIpc) is 3.19. The molecule has 1 spiro atoms. The molecule has 3 heterocycles. The summed E-state index contributed by atoms with van der Waals surface area (Å²) in [4.78, 5) is 41.4. The second-order valence-electron chi connectivity index (χ2n) is 9.58. The van der Waals surface area contributed by atoms with Crippen molar-refractivity contribution in [2.45, 2.75) is 64.3 Å². The summed E-state index contributed by atoms with van der Waals surface area (Å²) in [6.45, 7) is 4.41. The number of likely N-dealkylation sites (tertiary alicyclic amines) is 2. The Morgan fingerprint density at radius 3 is 2.59 bits per heavy atom. The summed E-state index contributed by atoms with van der Waals surface area (Å²) in [7, 11) is 0. The normalized spacial score (nSPS) is 24.2. The van der Waals surface area contributed by atoms with Gasteiger partial charge >= 0.3 is 0 Å². The molecule has 2 saturated heterocycles. The first kappa shape index (κ1) is 22.6. The molecule has 7 nitrogen and oxygen atoms in total. The van der Waals surface area contributed by atoms with E-state index in [4.69, 9.17) is 4.74 Å². The van der Waals surface area contributed by atoms with E-state index < -0.39 is 5.41 Å². The van der Waals surface area contributed by atoms with Gasteiger partial charge in [-0.1, -0.05) is 24.6 Å². The standard InChI is InChI=1S/C25H35N3O4/c1-19-18-32-21-9-3-2-7-20(21)8-4-5-11-25(24(31)26-19)12-15-27(16-13-25)23(30)17-28-14-6-10-22(28)29/h2-3,7,9,19H,4-6,8,10-18H2,1H3,(H,26,31)/t19-/m1/s1. The van der Waals surface area contributed by atoms with Crippen LogP contribution in [0.1, 0.15) is 57.4 Å². The molecule has 3 amide bonds. The molecule has 0 radical (unpaired) electrons. The van der Waals surface area contributed by atoms with Gasteiger partial charge in [0.15, 0.2) is 0 Å². The Hall–Kier alpha value is -2.57. The van der Waals surface area contributed by atoms with Crippen LogP contribution in [0.25, 0.3) is 0 Å². The Morgan fingerprint density at radius 2 is 1.84 bits per heavy atom. The van der Waals surface area contributed by atoms with E-state index in [-0.39, 0.29) is 30.3 Å². The molecule has 0 saturated carbocycles. The fourth-order valence-corrected chi connectivity index (χ4v) is 5.17. The van der Waals surface area contributed by atoms with Crippen LogP contribution in [0.4, 0.5) is 0 Å². The van der Waals surface area contributed by atoms with E-state index in [1.807, 2.05) is 30.0 Å². The molecule has 0 unspecified atom stereocenters. The van der Waals surface area contributed by atoms with Crippen LogP contribution in [-0.4, -0.2) is 66.3 Å². The molecule has 1 N–H and O–H groups in total. The summed E-state index contributed by atoms with van der Waals surface area (Å²) in [5.41, 5.74) is 0.783. The number of carbonyl (C=O) groups is 3. The minimum atomic E-state index is -0.437. The molecule has 0 aliphatic carbocycles. The first-order chi connectivity index (χ1) is 15.5. The molecule has 1 aromatic rings. The number of amides is 3. The molecule has 2 fully saturated rings. The van der Waals surface area contributed by atoms with Gasteiger partial charge in [-0.2, -0.15) is 0 Å². The van der Waals surface area contributed by atoms with Gasteiger partial charge in [0.05, 0.1) is 18.0 Å². The Morgan fingerprint density at radius 1 is 1.06 bits per heavy atom. The zero-order valence-corrected chi connectivity index (χ0v) is 19.1. The Balaban J connectivity index is 1.39. The number of nitrogens with zero attached hydrogens (tertiary/aromatic N) is 2. The van der Waals surface area contributed by atoms with E-state index in [2.05, 4.69) is 11.4 Å². The smallest absolute Gasteiger partial charge is 0.242 e. The fourth-order valence-electron chi connectivity index (χ4n) is 5.17. The van der Waals surface area contributed by atoms with E-state index in [1.165, 1.54) is 5.56 Å². The number of hydrogen-bond acceptors (Lipinski definition) is 4. The highest BCUT2D eigenvalue weighted by atomic mass is 16.5. The summed E-state index contributed by atoms with van der Waals surface area (Å²) in [5, 5.41) is 3.18. The Labute approximate surface area is 190 Å². The highest BCUT2D eigenvalue weighted by Gasteiger charge is 2.42. The summed E-state index contributed by atoms with van der Waals surface area (Å²) >= 11 is 0. The van der Waals surface area contributed by atoms with Crippen molar-refractivity contribution in [1.29, 1.82) is 0 Å². The zero-order valence-electron chi connectivity index (χ0n) is 19.1. The second-order valence-corrected chi connectivity index (χ2v) is 9.58. The molecule has 1 atom stereocenters. The van der Waals surface area contributed by atoms with Crippen LogP contribution in [-0.2, 0) is 20.8 Å². The van der Waals surface area contributed by atoms with Crippen molar-refractivity contribution in [3.63, 3.8) is 0 Å². The number of rotatable bonds is 2. The summed E-state index contributed by atoms with van der Waals surface area (Å²) in [6.07, 6.45) is 6.46. The fraction of sp³-hybridized carbons (Fsp3) is 0.640. The largest absolute Gasteiger partial charge is 0.491 e. The van der Waals surface area contributed by atoms with Gasteiger partial charge in [-0.15, -0.1) is 0 Å². The minimum absolute atomic E-state index is 0.00189. The van der Waals surface area contributed by atoms with Gasteiger partial charge in [-0.05, 0) is 57.1 Å². The third kappa shape index (κ3) is 5.08. The lowest BCUT2D eigenvalue weighted by Crippen LogP contribution is -2.53. The molecule has 174 valence electrons. The third-order valence-electron chi connectivity index (χ3n) is 7.24. The number of benzene rings is 1. The predicted molar refractivity (Wildman–Crippen MR) is 121 cm³/mol. The van der Waals surface area contributed by atoms with Gasteiger partial charge < -0.3 is 19.9 Å². The SMILES string of the molecule is C[C@@H]1COc2ccccc2CCCCC2(CCN(C(=O)CN3CCCC3=O)CC2)C(=O)N1. The van der Waals surface area contributed by atoms with Crippen LogP contribution in [0, 0.1) is 5.41 Å². The number of para-hydroxylation sites is 1. The van der Waals surface area contributed by atoms with E-state index in [0.29, 0.717) is 45.5 Å². The van der Waals surface area contributed by atoms with E-state index >= 15 is 0 Å². The maximum absolute atomic E-state index is 13.3. The highest BCUT2D eigenvalue weighted by Crippen LogP contribution is 2.38. The summed E-state index contributed by atoms with van der Waals surface area (Å²) in [6, 6.07) is 8.06. The van der Waals surface area contributed by atoms with Gasteiger partial charge in [-0.25, -0.2) is 0 Å². The maximum atomic E-state index is 13.3. The van der Waals surface area contributed by atoms with E-state index in [1.54, 1.807) is 4.90 Å². The average molecular weight is 442 g/mol. The van der Waals surface area contributed by atoms with Crippen molar-refractivity contribution >= 4 is 17.7 Å². The van der Waals surface area contributed by atoms with Crippen molar-refractivity contribution in [3.8, 4) is 5.75 Å². The predicted octanol–water partition coefficient (Wildman–Crippen LogP) is 2.53. The molecule has 32 heavy (non-hydrogen) atoms.